The van der Waals surface area contributed by atoms with Crippen LogP contribution in [-0.2, 0) is 0 Å². The Morgan fingerprint density at radius 2 is 2.23 bits per heavy atom. The van der Waals surface area contributed by atoms with E-state index >= 15 is 0 Å². The molecular formula is C10H12N3+. The summed E-state index contributed by atoms with van der Waals surface area (Å²) in [5.41, 5.74) is 2.31. The molecule has 1 heterocycles. The smallest absolute Gasteiger partial charge is 0.102 e. The fraction of sp³-hybridized carbons (Fsp3) is 0.300. The van der Waals surface area contributed by atoms with Crippen molar-refractivity contribution in [3.63, 3.8) is 0 Å². The maximum atomic E-state index is 4.03. The lowest BCUT2D eigenvalue weighted by Crippen LogP contribution is -2.00. The summed E-state index contributed by atoms with van der Waals surface area (Å²) >= 11 is 0. The molecule has 0 N–H and O–H groups in total. The largest absolute Gasteiger partial charge is 0.220 e. The summed E-state index contributed by atoms with van der Waals surface area (Å²) < 4.78 is 1.82. The Balaban J connectivity index is 2.37. The number of hydrogen-bond acceptors (Lipinski definition) is 2. The van der Waals surface area contributed by atoms with E-state index in [1.54, 1.807) is 0 Å². The van der Waals surface area contributed by atoms with Crippen LogP contribution in [0.25, 0.3) is 0 Å². The minimum atomic E-state index is 0.195. The zero-order valence-electron chi connectivity index (χ0n) is 7.81. The second-order valence-corrected chi connectivity index (χ2v) is 3.28. The van der Waals surface area contributed by atoms with Crippen LogP contribution in [0.3, 0.4) is 0 Å². The maximum absolute atomic E-state index is 4.03. The molecule has 3 nitrogen and oxygen atoms in total. The topological polar surface area (TPSA) is 27.7 Å². The van der Waals surface area contributed by atoms with E-state index in [0.717, 1.165) is 5.69 Å². The first kappa shape index (κ1) is 8.10. The summed E-state index contributed by atoms with van der Waals surface area (Å²) in [6, 6.07) is 8.41. The Hall–Kier alpha value is -1.51. The van der Waals surface area contributed by atoms with Crippen LogP contribution in [0.4, 0.5) is 5.69 Å². The van der Waals surface area contributed by atoms with E-state index in [4.69, 9.17) is 0 Å². The fourth-order valence-electron chi connectivity index (χ4n) is 1.31. The Kier molecular flexibility index (Phi) is 1.93. The third kappa shape index (κ3) is 1.64. The van der Waals surface area contributed by atoms with Gasteiger partial charge >= 0.3 is 0 Å². The van der Waals surface area contributed by atoms with E-state index in [1.807, 2.05) is 30.0 Å². The standard InChI is InChI=1S/C10H12N3/c1-8-4-3-5-10(6-8)13-7-9(2)11-12-13/h3-7,9H,1-2H3/q+1. The first-order chi connectivity index (χ1) is 6.25. The van der Waals surface area contributed by atoms with E-state index in [0.29, 0.717) is 0 Å². The molecule has 3 heteroatoms. The van der Waals surface area contributed by atoms with Crippen molar-refractivity contribution in [3.8, 4) is 0 Å². The lowest BCUT2D eigenvalue weighted by molar-refractivity contribution is -0.444. The van der Waals surface area contributed by atoms with Crippen LogP contribution in [0.15, 0.2) is 34.6 Å². The second kappa shape index (κ2) is 3.09. The Morgan fingerprint density at radius 1 is 1.38 bits per heavy atom. The molecule has 1 aromatic carbocycles. The predicted octanol–water partition coefficient (Wildman–Crippen LogP) is 2.48. The summed E-state index contributed by atoms with van der Waals surface area (Å²) in [7, 11) is 0. The van der Waals surface area contributed by atoms with Crippen molar-refractivity contribution in [1.29, 1.82) is 0 Å². The van der Waals surface area contributed by atoms with Gasteiger partial charge in [-0.05, 0) is 31.5 Å². The van der Waals surface area contributed by atoms with Crippen LogP contribution >= 0.6 is 0 Å². The molecule has 0 amide bonds. The van der Waals surface area contributed by atoms with E-state index < -0.39 is 0 Å². The Labute approximate surface area is 77.4 Å². The number of benzene rings is 1. The van der Waals surface area contributed by atoms with E-state index in [2.05, 4.69) is 29.4 Å². The molecule has 66 valence electrons. The summed E-state index contributed by atoms with van der Waals surface area (Å²) in [5, 5.41) is 8.05. The van der Waals surface area contributed by atoms with Crippen LogP contribution in [0.5, 0.6) is 0 Å². The van der Waals surface area contributed by atoms with Gasteiger partial charge in [-0.1, -0.05) is 12.1 Å². The SMILES string of the molecule is Cc1cccc([N+]2=CC(C)N=N2)c1. The van der Waals surface area contributed by atoms with Crippen LogP contribution in [0.2, 0.25) is 0 Å². The lowest BCUT2D eigenvalue weighted by Gasteiger charge is -1.95. The number of rotatable bonds is 1. The molecule has 0 saturated heterocycles. The van der Waals surface area contributed by atoms with Crippen molar-refractivity contribution >= 4 is 11.9 Å². The molecule has 0 aromatic heterocycles. The minimum Gasteiger partial charge on any atom is -0.102 e. The Bertz CT molecular complexity index is 380. The highest BCUT2D eigenvalue weighted by atomic mass is 15.5. The molecule has 0 bridgehead atoms. The van der Waals surface area contributed by atoms with Crippen molar-refractivity contribution in [2.75, 3.05) is 0 Å². The first-order valence-electron chi connectivity index (χ1n) is 4.37. The molecular weight excluding hydrogens is 162 g/mol. The molecule has 1 unspecified atom stereocenters. The molecule has 1 aliphatic heterocycles. The summed E-state index contributed by atoms with van der Waals surface area (Å²) in [5.74, 6) is 0. The molecule has 13 heavy (non-hydrogen) atoms. The lowest BCUT2D eigenvalue weighted by atomic mass is 10.2. The highest BCUT2D eigenvalue weighted by Crippen LogP contribution is 2.16. The van der Waals surface area contributed by atoms with Crippen molar-refractivity contribution in [1.82, 2.24) is 0 Å². The summed E-state index contributed by atoms with van der Waals surface area (Å²) in [6.45, 7) is 4.08. The molecule has 1 atom stereocenters. The van der Waals surface area contributed by atoms with Gasteiger partial charge in [-0.2, -0.15) is 0 Å². The molecule has 1 aromatic rings. The van der Waals surface area contributed by atoms with Crippen molar-refractivity contribution in [3.05, 3.63) is 29.8 Å². The van der Waals surface area contributed by atoms with Crippen molar-refractivity contribution in [2.24, 2.45) is 10.3 Å². The number of aryl methyl sites for hydroxylation is 1. The highest BCUT2D eigenvalue weighted by molar-refractivity contribution is 5.61. The number of hydrogen-bond donors (Lipinski definition) is 0. The fourth-order valence-corrected chi connectivity index (χ4v) is 1.31. The average Bonchev–Trinajstić information content (AvgIpc) is 2.52. The van der Waals surface area contributed by atoms with Gasteiger partial charge < -0.3 is 0 Å². The molecule has 0 radical (unpaired) electrons. The first-order valence-corrected chi connectivity index (χ1v) is 4.37. The van der Waals surface area contributed by atoms with Gasteiger partial charge in [0.2, 0.25) is 6.04 Å². The van der Waals surface area contributed by atoms with Gasteiger partial charge in [0.15, 0.2) is 5.69 Å². The molecule has 0 aliphatic carbocycles. The monoisotopic (exact) mass is 174 g/mol. The van der Waals surface area contributed by atoms with Gasteiger partial charge in [0.25, 0.3) is 0 Å². The molecule has 0 fully saturated rings. The van der Waals surface area contributed by atoms with Gasteiger partial charge in [0, 0.05) is 5.11 Å². The third-order valence-corrected chi connectivity index (χ3v) is 1.95. The van der Waals surface area contributed by atoms with Crippen LogP contribution < -0.4 is 0 Å². The van der Waals surface area contributed by atoms with Crippen molar-refractivity contribution < 1.29 is 4.68 Å². The van der Waals surface area contributed by atoms with Gasteiger partial charge in [-0.3, -0.25) is 0 Å². The Morgan fingerprint density at radius 3 is 2.85 bits per heavy atom. The molecule has 0 saturated carbocycles. The molecule has 0 spiro atoms. The highest BCUT2D eigenvalue weighted by Gasteiger charge is 2.17. The zero-order valence-corrected chi connectivity index (χ0v) is 7.81. The van der Waals surface area contributed by atoms with Crippen LogP contribution in [0.1, 0.15) is 12.5 Å². The number of nitrogens with zero attached hydrogens (tertiary/aromatic N) is 3. The van der Waals surface area contributed by atoms with Crippen molar-refractivity contribution in [2.45, 2.75) is 19.9 Å². The third-order valence-electron chi connectivity index (χ3n) is 1.95. The average molecular weight is 174 g/mol. The molecule has 2 rings (SSSR count). The van der Waals surface area contributed by atoms with E-state index in [9.17, 15) is 0 Å². The second-order valence-electron chi connectivity index (χ2n) is 3.28. The van der Waals surface area contributed by atoms with Gasteiger partial charge in [-0.15, -0.1) is 4.68 Å². The van der Waals surface area contributed by atoms with Gasteiger partial charge in [-0.25, -0.2) is 0 Å². The maximum Gasteiger partial charge on any atom is 0.220 e. The molecule has 1 aliphatic rings. The summed E-state index contributed by atoms with van der Waals surface area (Å²) in [4.78, 5) is 0. The van der Waals surface area contributed by atoms with Gasteiger partial charge in [0.05, 0.1) is 0 Å². The van der Waals surface area contributed by atoms with E-state index in [1.165, 1.54) is 5.56 Å². The van der Waals surface area contributed by atoms with Crippen LogP contribution in [0, 0.1) is 6.92 Å². The van der Waals surface area contributed by atoms with E-state index in [-0.39, 0.29) is 6.04 Å². The predicted molar refractivity (Wildman–Crippen MR) is 51.5 cm³/mol. The van der Waals surface area contributed by atoms with Crippen LogP contribution in [-0.4, -0.2) is 16.9 Å². The summed E-state index contributed by atoms with van der Waals surface area (Å²) in [6.07, 6.45) is 1.99. The van der Waals surface area contributed by atoms with Gasteiger partial charge in [0.1, 0.15) is 11.4 Å². The zero-order chi connectivity index (χ0) is 9.26. The minimum absolute atomic E-state index is 0.195. The quantitative estimate of drug-likeness (QED) is 0.585. The normalized spacial score (nSPS) is 20.5.